The van der Waals surface area contributed by atoms with Crippen LogP contribution >= 0.6 is 0 Å². The predicted molar refractivity (Wildman–Crippen MR) is 67.2 cm³/mol. The number of benzene rings is 1. The lowest BCUT2D eigenvalue weighted by molar-refractivity contribution is 0.0943. The van der Waals surface area contributed by atoms with Crippen molar-refractivity contribution in [3.05, 3.63) is 35.5 Å². The van der Waals surface area contributed by atoms with E-state index in [0.29, 0.717) is 6.04 Å². The number of aliphatic hydroxyl groups is 1. The molecule has 17 heavy (non-hydrogen) atoms. The van der Waals surface area contributed by atoms with E-state index in [1.165, 1.54) is 22.2 Å². The molecule has 2 unspecified atom stereocenters. The number of aliphatic hydroxyl groups excluding tert-OH is 1. The lowest BCUT2D eigenvalue weighted by Crippen LogP contribution is -2.49. The van der Waals surface area contributed by atoms with Gasteiger partial charge in [-0.05, 0) is 24.5 Å². The Morgan fingerprint density at radius 3 is 3.06 bits per heavy atom. The van der Waals surface area contributed by atoms with Crippen LogP contribution in [0.2, 0.25) is 0 Å². The van der Waals surface area contributed by atoms with Crippen LogP contribution in [-0.4, -0.2) is 28.8 Å². The number of hydrogen-bond acceptors (Lipinski definition) is 2. The van der Waals surface area contributed by atoms with Gasteiger partial charge in [0.25, 0.3) is 0 Å². The van der Waals surface area contributed by atoms with E-state index >= 15 is 0 Å². The maximum absolute atomic E-state index is 10.1. The van der Waals surface area contributed by atoms with Crippen LogP contribution in [0, 0.1) is 0 Å². The van der Waals surface area contributed by atoms with Crippen LogP contribution in [-0.2, 0) is 6.42 Å². The molecule has 2 aromatic rings. The lowest BCUT2D eigenvalue weighted by Gasteiger charge is -2.38. The fourth-order valence-electron chi connectivity index (χ4n) is 3.45. The van der Waals surface area contributed by atoms with Gasteiger partial charge >= 0.3 is 0 Å². The summed E-state index contributed by atoms with van der Waals surface area (Å²) < 4.78 is 0. The largest absolute Gasteiger partial charge is 0.391 e. The number of aromatic nitrogens is 1. The SMILES string of the molecule is O[C@@H]1CNC2Cc3c([nH]c4ccccc34)C1C2. The number of fused-ring (bicyclic) bond motifs is 6. The highest BCUT2D eigenvalue weighted by Gasteiger charge is 2.37. The molecule has 1 fully saturated rings. The molecule has 2 bridgehead atoms. The van der Waals surface area contributed by atoms with E-state index in [0.717, 1.165) is 19.4 Å². The number of hydrogen-bond donors (Lipinski definition) is 3. The van der Waals surface area contributed by atoms with Crippen LogP contribution in [0.1, 0.15) is 23.6 Å². The van der Waals surface area contributed by atoms with Gasteiger partial charge in [0.1, 0.15) is 0 Å². The molecule has 0 spiro atoms. The highest BCUT2D eigenvalue weighted by atomic mass is 16.3. The molecule has 4 rings (SSSR count). The third-order valence-electron chi connectivity index (χ3n) is 4.29. The van der Waals surface area contributed by atoms with Gasteiger partial charge in [-0.2, -0.15) is 0 Å². The third kappa shape index (κ3) is 1.30. The van der Waals surface area contributed by atoms with Gasteiger partial charge < -0.3 is 15.4 Å². The highest BCUT2D eigenvalue weighted by Crippen LogP contribution is 2.39. The Kier molecular flexibility index (Phi) is 1.90. The Hall–Kier alpha value is -1.32. The maximum atomic E-state index is 10.1. The summed E-state index contributed by atoms with van der Waals surface area (Å²) in [6.07, 6.45) is 1.89. The fraction of sp³-hybridized carbons (Fsp3) is 0.429. The second-order valence-electron chi connectivity index (χ2n) is 5.28. The van der Waals surface area contributed by atoms with Crippen molar-refractivity contribution in [3.63, 3.8) is 0 Å². The summed E-state index contributed by atoms with van der Waals surface area (Å²) in [7, 11) is 0. The Morgan fingerprint density at radius 1 is 1.24 bits per heavy atom. The van der Waals surface area contributed by atoms with Gasteiger partial charge in [0.05, 0.1) is 6.10 Å². The van der Waals surface area contributed by atoms with Gasteiger partial charge in [-0.25, -0.2) is 0 Å². The summed E-state index contributed by atoms with van der Waals surface area (Å²) in [4.78, 5) is 3.51. The summed E-state index contributed by atoms with van der Waals surface area (Å²) in [6.45, 7) is 0.726. The first-order valence-electron chi connectivity index (χ1n) is 6.34. The van der Waals surface area contributed by atoms with Crippen molar-refractivity contribution in [2.24, 2.45) is 0 Å². The number of aromatic amines is 1. The van der Waals surface area contributed by atoms with E-state index in [1.807, 2.05) is 0 Å². The van der Waals surface area contributed by atoms with Gasteiger partial charge in [-0.15, -0.1) is 0 Å². The minimum absolute atomic E-state index is 0.252. The molecule has 1 saturated heterocycles. The number of β-amino-alcohol motifs (C(OH)–C–C–N with tert-alkyl or cyclic N) is 1. The average Bonchev–Trinajstić information content (AvgIpc) is 2.73. The van der Waals surface area contributed by atoms with Gasteiger partial charge in [-0.3, -0.25) is 0 Å². The van der Waals surface area contributed by atoms with Crippen molar-refractivity contribution >= 4 is 10.9 Å². The first kappa shape index (κ1) is 9.68. The second kappa shape index (κ2) is 3.34. The molecule has 0 radical (unpaired) electrons. The van der Waals surface area contributed by atoms with Crippen LogP contribution in [0.25, 0.3) is 10.9 Å². The molecule has 1 aliphatic carbocycles. The molecule has 3 heteroatoms. The van der Waals surface area contributed by atoms with Crippen LogP contribution in [0.15, 0.2) is 24.3 Å². The predicted octanol–water partition coefficient (Wildman–Crippen LogP) is 1.53. The van der Waals surface area contributed by atoms with Crippen molar-refractivity contribution in [2.45, 2.75) is 30.9 Å². The standard InChI is InChI=1S/C14H16N2O/c17-13-7-15-8-5-10-9-3-1-2-4-12(9)16-14(10)11(13)6-8/h1-4,8,11,13,15-17H,5-7H2/t8?,11?,13-/m1/s1. The smallest absolute Gasteiger partial charge is 0.0748 e. The zero-order chi connectivity index (χ0) is 11.4. The zero-order valence-electron chi connectivity index (χ0n) is 9.61. The zero-order valence-corrected chi connectivity index (χ0v) is 9.61. The quantitative estimate of drug-likeness (QED) is 0.640. The summed E-state index contributed by atoms with van der Waals surface area (Å²) in [5.41, 5.74) is 3.89. The van der Waals surface area contributed by atoms with E-state index in [2.05, 4.69) is 34.6 Å². The third-order valence-corrected chi connectivity index (χ3v) is 4.29. The van der Waals surface area contributed by atoms with Gasteiger partial charge in [0, 0.05) is 35.1 Å². The van der Waals surface area contributed by atoms with Gasteiger partial charge in [0.2, 0.25) is 0 Å². The monoisotopic (exact) mass is 228 g/mol. The molecule has 88 valence electrons. The number of nitrogens with one attached hydrogen (secondary N) is 2. The Balaban J connectivity index is 1.96. The summed E-state index contributed by atoms with van der Waals surface area (Å²) in [5.74, 6) is 0.289. The summed E-state index contributed by atoms with van der Waals surface area (Å²) in [5, 5.41) is 14.9. The van der Waals surface area contributed by atoms with Crippen LogP contribution < -0.4 is 5.32 Å². The van der Waals surface area contributed by atoms with Gasteiger partial charge in [0.15, 0.2) is 0 Å². The van der Waals surface area contributed by atoms with Crippen molar-refractivity contribution < 1.29 is 5.11 Å². The molecule has 1 aliphatic heterocycles. The highest BCUT2D eigenvalue weighted by molar-refractivity contribution is 5.85. The van der Waals surface area contributed by atoms with Gasteiger partial charge in [-0.1, -0.05) is 18.2 Å². The molecule has 1 aromatic heterocycles. The van der Waals surface area contributed by atoms with E-state index in [1.54, 1.807) is 0 Å². The topological polar surface area (TPSA) is 48.0 Å². The fourth-order valence-corrected chi connectivity index (χ4v) is 3.45. The molecule has 3 nitrogen and oxygen atoms in total. The molecular formula is C14H16N2O. The molecule has 3 atom stereocenters. The number of H-pyrrole nitrogens is 1. The lowest BCUT2D eigenvalue weighted by atomic mass is 9.78. The van der Waals surface area contributed by atoms with Crippen molar-refractivity contribution in [1.29, 1.82) is 0 Å². The molecule has 1 aromatic carbocycles. The second-order valence-corrected chi connectivity index (χ2v) is 5.28. The maximum Gasteiger partial charge on any atom is 0.0748 e. The Labute approximate surface area is 99.8 Å². The van der Waals surface area contributed by atoms with Crippen molar-refractivity contribution in [1.82, 2.24) is 10.3 Å². The normalized spacial score (nSPS) is 31.5. The van der Waals surface area contributed by atoms with Crippen molar-refractivity contribution in [2.75, 3.05) is 6.54 Å². The van der Waals surface area contributed by atoms with E-state index in [9.17, 15) is 5.11 Å². The first-order chi connectivity index (χ1) is 8.33. The van der Waals surface area contributed by atoms with Crippen molar-refractivity contribution in [3.8, 4) is 0 Å². The summed E-state index contributed by atoms with van der Waals surface area (Å²) in [6, 6.07) is 8.99. The Morgan fingerprint density at radius 2 is 2.12 bits per heavy atom. The Bertz CT molecular complexity index is 575. The first-order valence-corrected chi connectivity index (χ1v) is 6.34. The van der Waals surface area contributed by atoms with Crippen LogP contribution in [0.4, 0.5) is 0 Å². The van der Waals surface area contributed by atoms with E-state index < -0.39 is 0 Å². The minimum atomic E-state index is -0.252. The molecule has 0 amide bonds. The van der Waals surface area contributed by atoms with Crippen LogP contribution in [0.5, 0.6) is 0 Å². The molecule has 2 heterocycles. The van der Waals surface area contributed by atoms with E-state index in [4.69, 9.17) is 0 Å². The number of para-hydroxylation sites is 1. The molecule has 2 aliphatic rings. The summed E-state index contributed by atoms with van der Waals surface area (Å²) >= 11 is 0. The molecule has 0 saturated carbocycles. The number of rotatable bonds is 0. The average molecular weight is 228 g/mol. The molecule has 3 N–H and O–H groups in total. The van der Waals surface area contributed by atoms with Crippen LogP contribution in [0.3, 0.4) is 0 Å². The number of piperidine rings is 1. The molecular weight excluding hydrogens is 212 g/mol. The van der Waals surface area contributed by atoms with E-state index in [-0.39, 0.29) is 12.0 Å². The minimum Gasteiger partial charge on any atom is -0.391 e.